The average Bonchev–Trinajstić information content (AvgIpc) is 2.80. The molecule has 1 rings (SSSR count). The largest absolute Gasteiger partial charge is 0.508 e. The summed E-state index contributed by atoms with van der Waals surface area (Å²) in [5, 5.41) is 34.9. The van der Waals surface area contributed by atoms with Crippen LogP contribution in [0.4, 0.5) is 0 Å². The minimum Gasteiger partial charge on any atom is -0.508 e. The molecule has 0 saturated heterocycles. The Morgan fingerprint density at radius 2 is 1.35 bits per heavy atom. The van der Waals surface area contributed by atoms with E-state index in [1.807, 2.05) is 0 Å². The van der Waals surface area contributed by atoms with Crippen LogP contribution in [0.3, 0.4) is 0 Å². The average molecular weight is 524 g/mol. The van der Waals surface area contributed by atoms with Gasteiger partial charge in [0.05, 0.1) is 12.5 Å². The highest BCUT2D eigenvalue weighted by Crippen LogP contribution is 2.12. The topological polar surface area (TPSA) is 251 Å². The number of primary amides is 1. The van der Waals surface area contributed by atoms with E-state index in [2.05, 4.69) is 16.0 Å². The van der Waals surface area contributed by atoms with Crippen molar-refractivity contribution >= 4 is 35.6 Å². The Morgan fingerprint density at radius 3 is 1.84 bits per heavy atom. The van der Waals surface area contributed by atoms with Crippen molar-refractivity contribution in [3.63, 3.8) is 0 Å². The first-order valence-electron chi connectivity index (χ1n) is 11.4. The summed E-state index contributed by atoms with van der Waals surface area (Å²) in [5.74, 6) is -6.78. The van der Waals surface area contributed by atoms with E-state index in [-0.39, 0.29) is 30.9 Å². The number of nitrogens with one attached hydrogen (secondary N) is 3. The molecule has 0 radical (unpaired) electrons. The Labute approximate surface area is 212 Å². The zero-order chi connectivity index (χ0) is 28.3. The van der Waals surface area contributed by atoms with Crippen LogP contribution >= 0.6 is 0 Å². The number of carbonyl (C=O) groups is 6. The Bertz CT molecular complexity index is 997. The molecule has 0 fully saturated rings. The third kappa shape index (κ3) is 10.9. The highest BCUT2D eigenvalue weighted by molar-refractivity contribution is 5.95. The number of carboxylic acids is 2. The van der Waals surface area contributed by atoms with Gasteiger partial charge in [-0.2, -0.15) is 0 Å². The monoisotopic (exact) mass is 523 g/mol. The Hall–Kier alpha value is -4.20. The third-order valence-electron chi connectivity index (χ3n) is 5.34. The second-order valence-electron chi connectivity index (χ2n) is 8.76. The second-order valence-corrected chi connectivity index (χ2v) is 8.76. The molecule has 0 spiro atoms. The molecule has 0 aliphatic rings. The predicted octanol–water partition coefficient (Wildman–Crippen LogP) is -1.80. The van der Waals surface area contributed by atoms with Crippen molar-refractivity contribution in [3.05, 3.63) is 29.8 Å². The lowest BCUT2D eigenvalue weighted by Gasteiger charge is -2.25. The van der Waals surface area contributed by atoms with Gasteiger partial charge in [-0.3, -0.25) is 24.0 Å². The van der Waals surface area contributed by atoms with Crippen molar-refractivity contribution < 1.29 is 44.1 Å². The quantitative estimate of drug-likeness (QED) is 0.128. The summed E-state index contributed by atoms with van der Waals surface area (Å²) in [6.07, 6.45) is -1.65. The lowest BCUT2D eigenvalue weighted by molar-refractivity contribution is -0.143. The van der Waals surface area contributed by atoms with E-state index in [0.29, 0.717) is 5.56 Å². The highest BCUT2D eigenvalue weighted by atomic mass is 16.4. The lowest BCUT2D eigenvalue weighted by atomic mass is 10.0. The van der Waals surface area contributed by atoms with Gasteiger partial charge < -0.3 is 42.7 Å². The van der Waals surface area contributed by atoms with Crippen LogP contribution < -0.4 is 27.4 Å². The number of carbonyl (C=O) groups excluding carboxylic acids is 4. The summed E-state index contributed by atoms with van der Waals surface area (Å²) in [7, 11) is 0. The molecule has 204 valence electrons. The van der Waals surface area contributed by atoms with Gasteiger partial charge in [0.2, 0.25) is 23.6 Å². The van der Waals surface area contributed by atoms with Crippen molar-refractivity contribution in [1.82, 2.24) is 16.0 Å². The molecule has 14 nitrogen and oxygen atoms in total. The van der Waals surface area contributed by atoms with Gasteiger partial charge in [0, 0.05) is 12.8 Å². The molecule has 0 aliphatic carbocycles. The van der Waals surface area contributed by atoms with Gasteiger partial charge >= 0.3 is 11.9 Å². The van der Waals surface area contributed by atoms with Gasteiger partial charge in [-0.25, -0.2) is 4.79 Å². The van der Waals surface area contributed by atoms with Crippen molar-refractivity contribution in [2.45, 2.75) is 63.7 Å². The molecule has 0 aliphatic heterocycles. The minimum atomic E-state index is -1.71. The number of hydrogen-bond donors (Lipinski definition) is 8. The van der Waals surface area contributed by atoms with Gasteiger partial charge in [0.25, 0.3) is 0 Å². The van der Waals surface area contributed by atoms with E-state index in [1.54, 1.807) is 13.8 Å². The van der Waals surface area contributed by atoms with Gasteiger partial charge in [-0.05, 0) is 30.0 Å². The first kappa shape index (κ1) is 30.8. The van der Waals surface area contributed by atoms with E-state index in [1.165, 1.54) is 24.3 Å². The van der Waals surface area contributed by atoms with Gasteiger partial charge in [0.15, 0.2) is 0 Å². The minimum absolute atomic E-state index is 0.0452. The summed E-state index contributed by atoms with van der Waals surface area (Å²) >= 11 is 0. The standard InChI is InChI=1S/C23H33N5O9/c1-11(2)19(25)22(35)26-14(7-8-17(24)30)20(33)27-15(10-18(31)32)21(34)28-16(23(36)37)9-12-3-5-13(29)6-4-12/h3-6,11,14-16,19,29H,7-10,25H2,1-2H3,(H2,24,30)(H,26,35)(H,27,33)(H,28,34)(H,31,32)(H,36,37). The van der Waals surface area contributed by atoms with E-state index < -0.39 is 66.2 Å². The molecule has 1 aromatic carbocycles. The van der Waals surface area contributed by atoms with Crippen LogP contribution in [0, 0.1) is 5.92 Å². The predicted molar refractivity (Wildman–Crippen MR) is 129 cm³/mol. The molecule has 0 bridgehead atoms. The first-order chi connectivity index (χ1) is 17.2. The SMILES string of the molecule is CC(C)C(N)C(=O)NC(CCC(N)=O)C(=O)NC(CC(=O)O)C(=O)NC(Cc1ccc(O)cc1)C(=O)O. The zero-order valence-corrected chi connectivity index (χ0v) is 20.5. The molecule has 4 unspecified atom stereocenters. The van der Waals surface area contributed by atoms with Crippen molar-refractivity contribution in [2.24, 2.45) is 17.4 Å². The maximum atomic E-state index is 12.9. The van der Waals surface area contributed by atoms with E-state index >= 15 is 0 Å². The fraction of sp³-hybridized carbons (Fsp3) is 0.478. The van der Waals surface area contributed by atoms with Gasteiger partial charge in [-0.1, -0.05) is 26.0 Å². The van der Waals surface area contributed by atoms with E-state index in [9.17, 15) is 44.1 Å². The van der Waals surface area contributed by atoms with Crippen molar-refractivity contribution in [1.29, 1.82) is 0 Å². The first-order valence-corrected chi connectivity index (χ1v) is 11.4. The Balaban J connectivity index is 3.06. The molecule has 0 aromatic heterocycles. The highest BCUT2D eigenvalue weighted by Gasteiger charge is 2.32. The number of aliphatic carboxylic acids is 2. The summed E-state index contributed by atoms with van der Waals surface area (Å²) in [6, 6.07) is -0.00824. The molecule has 14 heteroatoms. The number of aromatic hydroxyl groups is 1. The fourth-order valence-corrected chi connectivity index (χ4v) is 3.12. The summed E-state index contributed by atoms with van der Waals surface area (Å²) < 4.78 is 0. The normalized spacial score (nSPS) is 14.1. The van der Waals surface area contributed by atoms with Gasteiger partial charge in [0.1, 0.15) is 23.9 Å². The van der Waals surface area contributed by atoms with Crippen LogP contribution in [0.1, 0.15) is 38.7 Å². The fourth-order valence-electron chi connectivity index (χ4n) is 3.12. The number of carboxylic acid groups (broad SMARTS) is 2. The second kappa shape index (κ2) is 14.4. The van der Waals surface area contributed by atoms with Crippen molar-refractivity contribution in [3.8, 4) is 5.75 Å². The third-order valence-corrected chi connectivity index (χ3v) is 5.34. The van der Waals surface area contributed by atoms with Gasteiger partial charge in [-0.15, -0.1) is 0 Å². The van der Waals surface area contributed by atoms with Crippen LogP contribution in [0.2, 0.25) is 0 Å². The molecule has 4 atom stereocenters. The molecular formula is C23H33N5O9. The summed E-state index contributed by atoms with van der Waals surface area (Å²) in [5.41, 5.74) is 11.4. The van der Waals surface area contributed by atoms with Crippen molar-refractivity contribution in [2.75, 3.05) is 0 Å². The number of phenolic OH excluding ortho intramolecular Hbond substituents is 1. The number of hydrogen-bond acceptors (Lipinski definition) is 8. The van der Waals surface area contributed by atoms with Crippen LogP contribution in [-0.2, 0) is 35.2 Å². The van der Waals surface area contributed by atoms with Crippen LogP contribution in [0.25, 0.3) is 0 Å². The molecule has 0 heterocycles. The lowest BCUT2D eigenvalue weighted by Crippen LogP contribution is -2.58. The number of nitrogens with two attached hydrogens (primary N) is 2. The zero-order valence-electron chi connectivity index (χ0n) is 20.5. The van der Waals surface area contributed by atoms with Crippen LogP contribution in [0.15, 0.2) is 24.3 Å². The maximum Gasteiger partial charge on any atom is 0.326 e. The summed E-state index contributed by atoms with van der Waals surface area (Å²) in [4.78, 5) is 72.3. The molecule has 1 aromatic rings. The molecule has 0 saturated carbocycles. The Morgan fingerprint density at radius 1 is 0.838 bits per heavy atom. The van der Waals surface area contributed by atoms with E-state index in [0.717, 1.165) is 0 Å². The smallest absolute Gasteiger partial charge is 0.326 e. The van der Waals surface area contributed by atoms with Crippen LogP contribution in [-0.4, -0.2) is 75.1 Å². The number of benzene rings is 1. The number of amides is 4. The van der Waals surface area contributed by atoms with Crippen LogP contribution in [0.5, 0.6) is 5.75 Å². The molecular weight excluding hydrogens is 490 g/mol. The molecule has 37 heavy (non-hydrogen) atoms. The molecule has 10 N–H and O–H groups in total. The summed E-state index contributed by atoms with van der Waals surface area (Å²) in [6.45, 7) is 3.35. The number of rotatable bonds is 15. The van der Waals surface area contributed by atoms with E-state index in [4.69, 9.17) is 11.5 Å². The maximum absolute atomic E-state index is 12.9. The Kier molecular flexibility index (Phi) is 12.0. The number of phenols is 1. The molecule has 4 amide bonds.